The fourth-order valence-corrected chi connectivity index (χ4v) is 1.39. The van der Waals surface area contributed by atoms with E-state index in [1.165, 1.54) is 20.9 Å². The van der Waals surface area contributed by atoms with E-state index >= 15 is 0 Å². The highest BCUT2D eigenvalue weighted by atomic mass is 16.2. The van der Waals surface area contributed by atoms with Crippen LogP contribution in [-0.4, -0.2) is 42.2 Å². The monoisotopic (exact) mass is 241 g/mol. The Morgan fingerprint density at radius 1 is 1.35 bits per heavy atom. The first-order valence-electron chi connectivity index (χ1n) is 5.18. The third kappa shape index (κ3) is 2.43. The van der Waals surface area contributed by atoms with E-state index in [4.69, 9.17) is 0 Å². The van der Waals surface area contributed by atoms with Crippen molar-refractivity contribution < 1.29 is 19.2 Å². The van der Waals surface area contributed by atoms with Gasteiger partial charge in [0.15, 0.2) is 0 Å². The largest absolute Gasteiger partial charge is 0.359 e. The van der Waals surface area contributed by atoms with Crippen LogP contribution in [0.5, 0.6) is 0 Å². The maximum absolute atomic E-state index is 11.9. The zero-order valence-electron chi connectivity index (χ0n) is 9.99. The number of urea groups is 1. The summed E-state index contributed by atoms with van der Waals surface area (Å²) in [6.07, 6.45) is 0.0138. The average Bonchev–Trinajstić information content (AvgIpc) is 2.26. The molecule has 1 saturated heterocycles. The van der Waals surface area contributed by atoms with Crippen molar-refractivity contribution in [3.8, 4) is 0 Å². The van der Waals surface area contributed by atoms with Gasteiger partial charge in [0.05, 0.1) is 0 Å². The smallest absolute Gasteiger partial charge is 0.330 e. The molecular formula is C10H15N3O4. The van der Waals surface area contributed by atoms with Gasteiger partial charge in [-0.15, -0.1) is 0 Å². The quantitative estimate of drug-likeness (QED) is 0.634. The van der Waals surface area contributed by atoms with E-state index in [1.807, 2.05) is 0 Å². The fourth-order valence-electron chi connectivity index (χ4n) is 1.39. The second kappa shape index (κ2) is 4.52. The number of imide groups is 2. The lowest BCUT2D eigenvalue weighted by atomic mass is 9.89. The van der Waals surface area contributed by atoms with Crippen LogP contribution < -0.4 is 10.6 Å². The Balaban J connectivity index is 2.78. The molecule has 1 aliphatic rings. The molecule has 94 valence electrons. The second-order valence-electron chi connectivity index (χ2n) is 4.26. The number of hydrogen-bond donors (Lipinski definition) is 2. The maximum atomic E-state index is 11.9. The van der Waals surface area contributed by atoms with E-state index in [2.05, 4.69) is 10.6 Å². The lowest BCUT2D eigenvalue weighted by molar-refractivity contribution is -0.149. The van der Waals surface area contributed by atoms with Gasteiger partial charge >= 0.3 is 6.03 Å². The number of nitrogens with one attached hydrogen (secondary N) is 2. The van der Waals surface area contributed by atoms with Gasteiger partial charge in [0.1, 0.15) is 5.41 Å². The molecule has 0 bridgehead atoms. The van der Waals surface area contributed by atoms with Crippen LogP contribution in [0.1, 0.15) is 20.3 Å². The Kier molecular flexibility index (Phi) is 3.50. The van der Waals surface area contributed by atoms with Crippen molar-refractivity contribution in [2.75, 3.05) is 13.6 Å². The topological polar surface area (TPSA) is 95.6 Å². The van der Waals surface area contributed by atoms with Gasteiger partial charge in [-0.2, -0.15) is 0 Å². The lowest BCUT2D eigenvalue weighted by Crippen LogP contribution is -2.62. The number of barbiturate groups is 1. The summed E-state index contributed by atoms with van der Waals surface area (Å²) in [6, 6.07) is -0.775. The Bertz CT molecular complexity index is 389. The lowest BCUT2D eigenvalue weighted by Gasteiger charge is -2.34. The van der Waals surface area contributed by atoms with Gasteiger partial charge in [-0.3, -0.25) is 24.6 Å². The molecule has 17 heavy (non-hydrogen) atoms. The Morgan fingerprint density at radius 3 is 2.47 bits per heavy atom. The Hall–Kier alpha value is -1.92. The van der Waals surface area contributed by atoms with Gasteiger partial charge in [-0.25, -0.2) is 4.79 Å². The molecule has 2 N–H and O–H groups in total. The van der Waals surface area contributed by atoms with Gasteiger partial charge in [0.25, 0.3) is 0 Å². The van der Waals surface area contributed by atoms with Gasteiger partial charge < -0.3 is 5.32 Å². The summed E-state index contributed by atoms with van der Waals surface area (Å²) >= 11 is 0. The summed E-state index contributed by atoms with van der Waals surface area (Å²) < 4.78 is 0. The average molecular weight is 241 g/mol. The van der Waals surface area contributed by atoms with Crippen molar-refractivity contribution >= 4 is 23.8 Å². The molecule has 5 amide bonds. The molecule has 7 nitrogen and oxygen atoms in total. The van der Waals surface area contributed by atoms with Crippen molar-refractivity contribution in [3.63, 3.8) is 0 Å². The minimum absolute atomic E-state index is 0.0138. The SMILES string of the molecule is CNC(=O)CCN1C(=O)NC(=O)C(C)(C)C1=O. The third-order valence-electron chi connectivity index (χ3n) is 2.65. The van der Waals surface area contributed by atoms with E-state index in [0.29, 0.717) is 0 Å². The molecule has 0 saturated carbocycles. The minimum Gasteiger partial charge on any atom is -0.359 e. The molecule has 1 fully saturated rings. The fraction of sp³-hybridized carbons (Fsp3) is 0.600. The van der Waals surface area contributed by atoms with Crippen LogP contribution >= 0.6 is 0 Å². The van der Waals surface area contributed by atoms with Gasteiger partial charge in [0.2, 0.25) is 17.7 Å². The van der Waals surface area contributed by atoms with Crippen LogP contribution in [0.2, 0.25) is 0 Å². The van der Waals surface area contributed by atoms with Crippen molar-refractivity contribution in [3.05, 3.63) is 0 Å². The predicted octanol–water partition coefficient (Wildman–Crippen LogP) is -0.773. The molecule has 1 aliphatic heterocycles. The number of hydrogen-bond acceptors (Lipinski definition) is 4. The van der Waals surface area contributed by atoms with Crippen molar-refractivity contribution in [2.45, 2.75) is 20.3 Å². The molecule has 0 atom stereocenters. The molecule has 1 rings (SSSR count). The summed E-state index contributed by atoms with van der Waals surface area (Å²) in [4.78, 5) is 46.7. The first-order chi connectivity index (χ1) is 7.80. The molecule has 0 aromatic heterocycles. The highest BCUT2D eigenvalue weighted by Gasteiger charge is 2.46. The van der Waals surface area contributed by atoms with Crippen LogP contribution in [0.4, 0.5) is 4.79 Å². The molecule has 0 unspecified atom stereocenters. The van der Waals surface area contributed by atoms with Gasteiger partial charge in [-0.05, 0) is 13.8 Å². The van der Waals surface area contributed by atoms with Crippen LogP contribution in [-0.2, 0) is 14.4 Å². The number of rotatable bonds is 3. The molecule has 0 aromatic rings. The summed E-state index contributed by atoms with van der Waals surface area (Å²) in [5, 5.41) is 4.48. The molecule has 0 radical (unpaired) electrons. The number of amides is 5. The Morgan fingerprint density at radius 2 is 1.94 bits per heavy atom. The minimum atomic E-state index is -1.28. The molecule has 0 aromatic carbocycles. The normalized spacial score (nSPS) is 19.0. The van der Waals surface area contributed by atoms with Crippen LogP contribution in [0.25, 0.3) is 0 Å². The Labute approximate surface area is 98.5 Å². The molecule has 0 aliphatic carbocycles. The molecule has 7 heteroatoms. The first-order valence-corrected chi connectivity index (χ1v) is 5.18. The van der Waals surface area contributed by atoms with Gasteiger partial charge in [0, 0.05) is 20.0 Å². The van der Waals surface area contributed by atoms with Crippen LogP contribution in [0.15, 0.2) is 0 Å². The summed E-state index contributed by atoms with van der Waals surface area (Å²) in [5.41, 5.74) is -1.28. The summed E-state index contributed by atoms with van der Waals surface area (Å²) in [7, 11) is 1.47. The highest BCUT2D eigenvalue weighted by Crippen LogP contribution is 2.23. The van der Waals surface area contributed by atoms with Crippen LogP contribution in [0.3, 0.4) is 0 Å². The predicted molar refractivity (Wildman–Crippen MR) is 57.7 cm³/mol. The zero-order chi connectivity index (χ0) is 13.2. The van der Waals surface area contributed by atoms with E-state index in [0.717, 1.165) is 4.90 Å². The first kappa shape index (κ1) is 13.1. The van der Waals surface area contributed by atoms with Crippen molar-refractivity contribution in [2.24, 2.45) is 5.41 Å². The maximum Gasteiger partial charge on any atom is 0.330 e. The third-order valence-corrected chi connectivity index (χ3v) is 2.65. The number of carbonyl (C=O) groups excluding carboxylic acids is 4. The second-order valence-corrected chi connectivity index (χ2v) is 4.26. The molecule has 1 heterocycles. The number of carbonyl (C=O) groups is 4. The zero-order valence-corrected chi connectivity index (χ0v) is 9.99. The standard InChI is InChI=1S/C10H15N3O4/c1-10(2)7(15)12-9(17)13(8(10)16)5-4-6(14)11-3/h4-5H2,1-3H3,(H,11,14)(H,12,15,17). The number of nitrogens with zero attached hydrogens (tertiary/aromatic N) is 1. The highest BCUT2D eigenvalue weighted by molar-refractivity contribution is 6.18. The van der Waals surface area contributed by atoms with Crippen molar-refractivity contribution in [1.29, 1.82) is 0 Å². The van der Waals surface area contributed by atoms with E-state index < -0.39 is 23.3 Å². The van der Waals surface area contributed by atoms with E-state index in [9.17, 15) is 19.2 Å². The molecule has 0 spiro atoms. The van der Waals surface area contributed by atoms with Crippen molar-refractivity contribution in [1.82, 2.24) is 15.5 Å². The van der Waals surface area contributed by atoms with E-state index in [1.54, 1.807) is 0 Å². The van der Waals surface area contributed by atoms with Gasteiger partial charge in [-0.1, -0.05) is 0 Å². The summed E-state index contributed by atoms with van der Waals surface area (Å²) in [5.74, 6) is -1.49. The van der Waals surface area contributed by atoms with E-state index in [-0.39, 0.29) is 18.9 Å². The molecular weight excluding hydrogens is 226 g/mol. The van der Waals surface area contributed by atoms with Crippen LogP contribution in [0, 0.1) is 5.41 Å². The summed E-state index contributed by atoms with van der Waals surface area (Å²) in [6.45, 7) is 2.83.